The van der Waals surface area contributed by atoms with Gasteiger partial charge in [0, 0.05) is 5.71 Å². The van der Waals surface area contributed by atoms with Crippen LogP contribution < -0.4 is 5.43 Å². The van der Waals surface area contributed by atoms with Crippen molar-refractivity contribution in [3.63, 3.8) is 0 Å². The molecule has 4 nitrogen and oxygen atoms in total. The van der Waals surface area contributed by atoms with Crippen LogP contribution in [0.5, 0.6) is 0 Å². The number of carbonyl (C=O) groups is 1. The van der Waals surface area contributed by atoms with Crippen LogP contribution in [-0.4, -0.2) is 16.7 Å². The third-order valence-electron chi connectivity index (χ3n) is 5.27. The van der Waals surface area contributed by atoms with Gasteiger partial charge in [0.15, 0.2) is 6.10 Å². The molecule has 0 radical (unpaired) electrons. The van der Waals surface area contributed by atoms with E-state index in [1.165, 1.54) is 6.42 Å². The molecule has 1 amide bonds. The zero-order chi connectivity index (χ0) is 16.9. The van der Waals surface area contributed by atoms with Crippen LogP contribution >= 0.6 is 0 Å². The third-order valence-corrected chi connectivity index (χ3v) is 5.27. The lowest BCUT2D eigenvalue weighted by atomic mass is 9.69. The Balaban J connectivity index is 1.86. The smallest absolute Gasteiger partial charge is 0.273 e. The van der Waals surface area contributed by atoms with Crippen LogP contribution in [-0.2, 0) is 4.79 Å². The molecule has 0 spiro atoms. The second-order valence-corrected chi connectivity index (χ2v) is 7.08. The highest BCUT2D eigenvalue weighted by Gasteiger charge is 2.30. The molecular weight excluding hydrogens is 288 g/mol. The summed E-state index contributed by atoms with van der Waals surface area (Å²) < 4.78 is 0. The molecule has 2 rings (SSSR count). The molecule has 0 heterocycles. The van der Waals surface area contributed by atoms with Crippen LogP contribution in [0.1, 0.15) is 64.5 Å². The number of hydrazone groups is 1. The molecule has 1 atom stereocenters. The number of nitrogens with one attached hydrogen (secondary N) is 1. The first-order valence-electron chi connectivity index (χ1n) is 8.52. The van der Waals surface area contributed by atoms with Gasteiger partial charge in [0.05, 0.1) is 0 Å². The molecule has 1 aliphatic rings. The van der Waals surface area contributed by atoms with E-state index < -0.39 is 12.0 Å². The Labute approximate surface area is 139 Å². The van der Waals surface area contributed by atoms with E-state index in [2.05, 4.69) is 31.3 Å². The molecule has 0 bridgehead atoms. The molecule has 0 aromatic heterocycles. The first-order chi connectivity index (χ1) is 10.9. The zero-order valence-electron chi connectivity index (χ0n) is 14.4. The van der Waals surface area contributed by atoms with Crippen molar-refractivity contribution in [3.05, 3.63) is 35.9 Å². The van der Waals surface area contributed by atoms with Crippen LogP contribution in [0.25, 0.3) is 0 Å². The number of rotatable bonds is 5. The summed E-state index contributed by atoms with van der Waals surface area (Å²) in [6.07, 6.45) is 4.11. The minimum Gasteiger partial charge on any atom is -0.378 e. The van der Waals surface area contributed by atoms with Crippen LogP contribution in [0, 0.1) is 11.3 Å². The van der Waals surface area contributed by atoms with E-state index >= 15 is 0 Å². The number of hydrogen-bond donors (Lipinski definition) is 2. The standard InChI is InChI=1S/C19H28N2O2/c1-4-19(2,3)15-10-12-16(13-11-15)20-21-18(23)17(22)14-8-6-5-7-9-14/h5-9,15,17,22H,4,10-13H2,1-3H3,(H,21,23)/t15?,17-/m1/s1. The van der Waals surface area contributed by atoms with Gasteiger partial charge in [-0.1, -0.05) is 57.5 Å². The molecule has 0 saturated heterocycles. The fourth-order valence-electron chi connectivity index (χ4n) is 3.11. The maximum Gasteiger partial charge on any atom is 0.273 e. The molecule has 1 saturated carbocycles. The first-order valence-corrected chi connectivity index (χ1v) is 8.52. The average Bonchev–Trinajstić information content (AvgIpc) is 2.60. The Morgan fingerprint density at radius 2 is 1.91 bits per heavy atom. The molecular formula is C19H28N2O2. The van der Waals surface area contributed by atoms with E-state index in [9.17, 15) is 9.90 Å². The van der Waals surface area contributed by atoms with Crippen molar-refractivity contribution in [2.24, 2.45) is 16.4 Å². The van der Waals surface area contributed by atoms with Gasteiger partial charge in [0.2, 0.25) is 0 Å². The largest absolute Gasteiger partial charge is 0.378 e. The summed E-state index contributed by atoms with van der Waals surface area (Å²) in [4.78, 5) is 12.0. The zero-order valence-corrected chi connectivity index (χ0v) is 14.4. The molecule has 126 valence electrons. The Hall–Kier alpha value is -1.68. The summed E-state index contributed by atoms with van der Waals surface area (Å²) in [6.45, 7) is 6.91. The van der Waals surface area contributed by atoms with Crippen molar-refractivity contribution in [2.75, 3.05) is 0 Å². The number of nitrogens with zero attached hydrogens (tertiary/aromatic N) is 1. The lowest BCUT2D eigenvalue weighted by Gasteiger charge is -2.36. The second-order valence-electron chi connectivity index (χ2n) is 7.08. The molecule has 2 N–H and O–H groups in total. The fraction of sp³-hybridized carbons (Fsp3) is 0.579. The molecule has 1 fully saturated rings. The normalized spacial score (nSPS) is 20.0. The number of aliphatic hydroxyl groups is 1. The summed E-state index contributed by atoms with van der Waals surface area (Å²) in [5.74, 6) is 0.247. The van der Waals surface area contributed by atoms with Crippen molar-refractivity contribution < 1.29 is 9.90 Å². The van der Waals surface area contributed by atoms with E-state index in [4.69, 9.17) is 0 Å². The SMILES string of the molecule is CCC(C)(C)C1CCC(=NNC(=O)[C@H](O)c2ccccc2)CC1. The van der Waals surface area contributed by atoms with Crippen molar-refractivity contribution in [1.82, 2.24) is 5.43 Å². The molecule has 0 aliphatic heterocycles. The summed E-state index contributed by atoms with van der Waals surface area (Å²) in [6, 6.07) is 8.92. The second kappa shape index (κ2) is 7.73. The van der Waals surface area contributed by atoms with Crippen molar-refractivity contribution in [1.29, 1.82) is 0 Å². The Kier molecular flexibility index (Phi) is 5.94. The minimum atomic E-state index is -1.17. The van der Waals surface area contributed by atoms with Crippen molar-refractivity contribution >= 4 is 11.6 Å². The molecule has 1 aromatic rings. The molecule has 0 unspecified atom stereocenters. The monoisotopic (exact) mass is 316 g/mol. The average molecular weight is 316 g/mol. The third kappa shape index (κ3) is 4.64. The molecule has 1 aromatic carbocycles. The van der Waals surface area contributed by atoms with Crippen LogP contribution in [0.4, 0.5) is 0 Å². The highest BCUT2D eigenvalue weighted by Crippen LogP contribution is 2.39. The number of hydrogen-bond acceptors (Lipinski definition) is 3. The molecule has 4 heteroatoms. The highest BCUT2D eigenvalue weighted by atomic mass is 16.3. The maximum atomic E-state index is 12.0. The van der Waals surface area contributed by atoms with E-state index in [0.29, 0.717) is 11.0 Å². The molecule has 23 heavy (non-hydrogen) atoms. The summed E-state index contributed by atoms with van der Waals surface area (Å²) in [5, 5.41) is 14.2. The van der Waals surface area contributed by atoms with Gasteiger partial charge in [0.25, 0.3) is 5.91 Å². The Morgan fingerprint density at radius 3 is 2.48 bits per heavy atom. The van der Waals surface area contributed by atoms with Gasteiger partial charge in [-0.05, 0) is 42.6 Å². The maximum absolute atomic E-state index is 12.0. The van der Waals surface area contributed by atoms with E-state index in [1.807, 2.05) is 6.07 Å². The number of carbonyl (C=O) groups excluding carboxylic acids is 1. The fourth-order valence-corrected chi connectivity index (χ4v) is 3.11. The predicted octanol–water partition coefficient (Wildman–Crippen LogP) is 3.82. The van der Waals surface area contributed by atoms with Gasteiger partial charge < -0.3 is 5.11 Å². The predicted molar refractivity (Wildman–Crippen MR) is 93.0 cm³/mol. The van der Waals surface area contributed by atoms with Gasteiger partial charge in [0.1, 0.15) is 0 Å². The van der Waals surface area contributed by atoms with Crippen LogP contribution in [0.3, 0.4) is 0 Å². The van der Waals surface area contributed by atoms with Crippen molar-refractivity contribution in [2.45, 2.75) is 59.0 Å². The van der Waals surface area contributed by atoms with Gasteiger partial charge in [-0.2, -0.15) is 5.10 Å². The number of amides is 1. The van der Waals surface area contributed by atoms with Crippen LogP contribution in [0.15, 0.2) is 35.4 Å². The summed E-state index contributed by atoms with van der Waals surface area (Å²) >= 11 is 0. The topological polar surface area (TPSA) is 61.7 Å². The lowest BCUT2D eigenvalue weighted by molar-refractivity contribution is -0.129. The van der Waals surface area contributed by atoms with E-state index in [1.54, 1.807) is 24.3 Å². The highest BCUT2D eigenvalue weighted by molar-refractivity contribution is 5.88. The van der Waals surface area contributed by atoms with Gasteiger partial charge >= 0.3 is 0 Å². The van der Waals surface area contributed by atoms with Gasteiger partial charge in [-0.25, -0.2) is 5.43 Å². The lowest BCUT2D eigenvalue weighted by Crippen LogP contribution is -2.30. The van der Waals surface area contributed by atoms with Crippen molar-refractivity contribution in [3.8, 4) is 0 Å². The summed E-state index contributed by atoms with van der Waals surface area (Å²) in [7, 11) is 0. The number of benzene rings is 1. The summed E-state index contributed by atoms with van der Waals surface area (Å²) in [5.41, 5.74) is 4.50. The van der Waals surface area contributed by atoms with Gasteiger partial charge in [-0.15, -0.1) is 0 Å². The van der Waals surface area contributed by atoms with E-state index in [-0.39, 0.29) is 0 Å². The minimum absolute atomic E-state index is 0.373. The Morgan fingerprint density at radius 1 is 1.30 bits per heavy atom. The van der Waals surface area contributed by atoms with Gasteiger partial charge in [-0.3, -0.25) is 4.79 Å². The molecule has 1 aliphatic carbocycles. The van der Waals surface area contributed by atoms with E-state index in [0.717, 1.165) is 37.3 Å². The first kappa shape index (κ1) is 17.7. The Bertz CT molecular complexity index is 542. The van der Waals surface area contributed by atoms with Crippen LogP contribution in [0.2, 0.25) is 0 Å². The quantitative estimate of drug-likeness (QED) is 0.811. The number of aliphatic hydroxyl groups excluding tert-OH is 1.